The highest BCUT2D eigenvalue weighted by Gasteiger charge is 2.15. The summed E-state index contributed by atoms with van der Waals surface area (Å²) in [6.07, 6.45) is 1.16. The highest BCUT2D eigenvalue weighted by Crippen LogP contribution is 2.15. The van der Waals surface area contributed by atoms with Crippen LogP contribution in [-0.2, 0) is 4.79 Å². The number of nitrogens with zero attached hydrogens (tertiary/aromatic N) is 1. The Hall–Kier alpha value is -2.14. The minimum Gasteiger partial charge on any atom is -0.394 e. The smallest absolute Gasteiger partial charge is 0.244 e. The maximum Gasteiger partial charge on any atom is 0.244 e. The molecule has 2 aromatic rings. The number of hydrogen-bond acceptors (Lipinski definition) is 3. The lowest BCUT2D eigenvalue weighted by Crippen LogP contribution is -2.29. The molecule has 0 saturated heterocycles. The number of para-hydroxylation sites is 2. The molecule has 1 atom stereocenters. The molecule has 2 rings (SSSR count). The lowest BCUT2D eigenvalue weighted by atomic mass is 10.3. The second-order valence-corrected chi connectivity index (χ2v) is 3.59. The van der Waals surface area contributed by atoms with Crippen molar-refractivity contribution >= 4 is 16.9 Å². The van der Waals surface area contributed by atoms with Crippen LogP contribution in [0.2, 0.25) is 0 Å². The zero-order valence-corrected chi connectivity index (χ0v) is 9.18. The van der Waals surface area contributed by atoms with Crippen molar-refractivity contribution < 1.29 is 9.90 Å². The normalized spacial score (nSPS) is 12.3. The van der Waals surface area contributed by atoms with E-state index >= 15 is 0 Å². The van der Waals surface area contributed by atoms with Gasteiger partial charge in [0.15, 0.2) is 0 Å². The van der Waals surface area contributed by atoms with Gasteiger partial charge in [0, 0.05) is 0 Å². The van der Waals surface area contributed by atoms with Gasteiger partial charge >= 0.3 is 0 Å². The number of nitrogens with one attached hydrogen (secondary N) is 2. The molecule has 5 nitrogen and oxygen atoms in total. The summed E-state index contributed by atoms with van der Waals surface area (Å²) in [6, 6.07) is 6.96. The van der Waals surface area contributed by atoms with Crippen LogP contribution in [0.15, 0.2) is 36.9 Å². The van der Waals surface area contributed by atoms with Gasteiger partial charge in [-0.3, -0.25) is 4.79 Å². The van der Waals surface area contributed by atoms with Crippen molar-refractivity contribution in [2.75, 3.05) is 6.61 Å². The Morgan fingerprint density at radius 3 is 3.00 bits per heavy atom. The standard InChI is InChI=1S/C12H13N3O2/c1-2-11(17)13-10(7-16)12-14-8-5-3-4-6-9(8)15-12/h2-6,10,16H,1,7H2,(H,13,17)(H,14,15). The first-order chi connectivity index (χ1) is 8.24. The molecule has 1 heterocycles. The number of H-pyrrole nitrogens is 1. The van der Waals surface area contributed by atoms with Crippen LogP contribution in [0.3, 0.4) is 0 Å². The molecule has 1 aromatic carbocycles. The SMILES string of the molecule is C=CC(=O)NC(CO)c1nc2ccccc2[nH]1. The van der Waals surface area contributed by atoms with Gasteiger partial charge in [-0.25, -0.2) is 4.98 Å². The van der Waals surface area contributed by atoms with E-state index in [1.807, 2.05) is 24.3 Å². The van der Waals surface area contributed by atoms with Gasteiger partial charge in [-0.1, -0.05) is 18.7 Å². The van der Waals surface area contributed by atoms with E-state index in [1.165, 1.54) is 0 Å². The minimum absolute atomic E-state index is 0.223. The number of imidazole rings is 1. The van der Waals surface area contributed by atoms with E-state index in [-0.39, 0.29) is 12.5 Å². The summed E-state index contributed by atoms with van der Waals surface area (Å²) in [6.45, 7) is 3.14. The number of carbonyl (C=O) groups excluding carboxylic acids is 1. The number of amides is 1. The molecular weight excluding hydrogens is 218 g/mol. The van der Waals surface area contributed by atoms with Crippen LogP contribution in [0.5, 0.6) is 0 Å². The van der Waals surface area contributed by atoms with Crippen LogP contribution in [0.1, 0.15) is 11.9 Å². The molecule has 3 N–H and O–H groups in total. The molecule has 0 aliphatic rings. The monoisotopic (exact) mass is 231 g/mol. The summed E-state index contributed by atoms with van der Waals surface area (Å²) < 4.78 is 0. The van der Waals surface area contributed by atoms with Crippen molar-refractivity contribution in [1.29, 1.82) is 0 Å². The van der Waals surface area contributed by atoms with Crippen LogP contribution >= 0.6 is 0 Å². The Bertz CT molecular complexity index is 514. The highest BCUT2D eigenvalue weighted by atomic mass is 16.3. The third-order valence-electron chi connectivity index (χ3n) is 2.42. The zero-order chi connectivity index (χ0) is 12.3. The number of aromatic amines is 1. The van der Waals surface area contributed by atoms with Gasteiger partial charge in [-0.2, -0.15) is 0 Å². The Morgan fingerprint density at radius 1 is 1.59 bits per heavy atom. The van der Waals surface area contributed by atoms with Crippen molar-refractivity contribution in [2.45, 2.75) is 6.04 Å². The Morgan fingerprint density at radius 2 is 2.35 bits per heavy atom. The van der Waals surface area contributed by atoms with E-state index in [0.29, 0.717) is 5.82 Å². The van der Waals surface area contributed by atoms with Crippen LogP contribution < -0.4 is 5.32 Å². The summed E-state index contributed by atoms with van der Waals surface area (Å²) in [5.41, 5.74) is 1.67. The van der Waals surface area contributed by atoms with E-state index in [9.17, 15) is 9.90 Å². The Kier molecular flexibility index (Phi) is 3.20. The number of benzene rings is 1. The molecule has 0 spiro atoms. The number of rotatable bonds is 4. The molecule has 1 aromatic heterocycles. The van der Waals surface area contributed by atoms with Crippen molar-refractivity contribution in [3.63, 3.8) is 0 Å². The predicted octanol–water partition coefficient (Wildman–Crippen LogP) is 0.898. The fraction of sp³-hybridized carbons (Fsp3) is 0.167. The summed E-state index contributed by atoms with van der Waals surface area (Å²) in [4.78, 5) is 18.6. The minimum atomic E-state index is -0.548. The van der Waals surface area contributed by atoms with Gasteiger partial charge in [-0.15, -0.1) is 0 Å². The summed E-state index contributed by atoms with van der Waals surface area (Å²) in [5.74, 6) is 0.188. The molecule has 88 valence electrons. The van der Waals surface area contributed by atoms with E-state index in [1.54, 1.807) is 0 Å². The van der Waals surface area contributed by atoms with Crippen LogP contribution in [0.4, 0.5) is 0 Å². The van der Waals surface area contributed by atoms with Crippen molar-refractivity contribution in [1.82, 2.24) is 15.3 Å². The topological polar surface area (TPSA) is 78.0 Å². The number of carbonyl (C=O) groups is 1. The Balaban J connectivity index is 2.29. The third-order valence-corrected chi connectivity index (χ3v) is 2.42. The lowest BCUT2D eigenvalue weighted by molar-refractivity contribution is -0.117. The number of aliphatic hydroxyl groups is 1. The van der Waals surface area contributed by atoms with E-state index in [2.05, 4.69) is 21.9 Å². The Labute approximate surface area is 98.2 Å². The van der Waals surface area contributed by atoms with E-state index < -0.39 is 6.04 Å². The molecular formula is C12H13N3O2. The van der Waals surface area contributed by atoms with Gasteiger partial charge in [-0.05, 0) is 18.2 Å². The van der Waals surface area contributed by atoms with Crippen LogP contribution in [0.25, 0.3) is 11.0 Å². The molecule has 0 saturated carbocycles. The molecule has 0 aliphatic carbocycles. The predicted molar refractivity (Wildman–Crippen MR) is 64.3 cm³/mol. The lowest BCUT2D eigenvalue weighted by Gasteiger charge is -2.11. The van der Waals surface area contributed by atoms with Crippen molar-refractivity contribution in [3.05, 3.63) is 42.7 Å². The molecule has 0 bridgehead atoms. The number of fused-ring (bicyclic) bond motifs is 1. The molecule has 5 heteroatoms. The van der Waals surface area contributed by atoms with Gasteiger partial charge < -0.3 is 15.4 Å². The third kappa shape index (κ3) is 2.34. The first-order valence-electron chi connectivity index (χ1n) is 5.23. The number of aromatic nitrogens is 2. The van der Waals surface area contributed by atoms with E-state index in [4.69, 9.17) is 0 Å². The first-order valence-corrected chi connectivity index (χ1v) is 5.23. The van der Waals surface area contributed by atoms with Gasteiger partial charge in [0.1, 0.15) is 11.9 Å². The quantitative estimate of drug-likeness (QED) is 0.684. The first kappa shape index (κ1) is 11.3. The molecule has 1 amide bonds. The average Bonchev–Trinajstić information content (AvgIpc) is 2.78. The van der Waals surface area contributed by atoms with Gasteiger partial charge in [0.2, 0.25) is 5.91 Å². The zero-order valence-electron chi connectivity index (χ0n) is 9.18. The maximum atomic E-state index is 11.2. The molecule has 17 heavy (non-hydrogen) atoms. The van der Waals surface area contributed by atoms with Crippen molar-refractivity contribution in [3.8, 4) is 0 Å². The molecule has 1 unspecified atom stereocenters. The fourth-order valence-corrected chi connectivity index (χ4v) is 1.57. The molecule has 0 radical (unpaired) electrons. The maximum absolute atomic E-state index is 11.2. The highest BCUT2D eigenvalue weighted by molar-refractivity contribution is 5.87. The van der Waals surface area contributed by atoms with Gasteiger partial charge in [0.05, 0.1) is 17.6 Å². The second kappa shape index (κ2) is 4.80. The molecule has 0 aliphatic heterocycles. The summed E-state index contributed by atoms with van der Waals surface area (Å²) in [7, 11) is 0. The number of aliphatic hydroxyl groups excluding tert-OH is 1. The van der Waals surface area contributed by atoms with Crippen LogP contribution in [0, 0.1) is 0 Å². The molecule has 0 fully saturated rings. The largest absolute Gasteiger partial charge is 0.394 e. The van der Waals surface area contributed by atoms with Gasteiger partial charge in [0.25, 0.3) is 0 Å². The summed E-state index contributed by atoms with van der Waals surface area (Å²) >= 11 is 0. The summed E-state index contributed by atoms with van der Waals surface area (Å²) in [5, 5.41) is 11.8. The number of hydrogen-bond donors (Lipinski definition) is 3. The fourth-order valence-electron chi connectivity index (χ4n) is 1.57. The average molecular weight is 231 g/mol. The van der Waals surface area contributed by atoms with Crippen molar-refractivity contribution in [2.24, 2.45) is 0 Å². The van der Waals surface area contributed by atoms with E-state index in [0.717, 1.165) is 17.1 Å². The van der Waals surface area contributed by atoms with Crippen LogP contribution in [-0.4, -0.2) is 27.6 Å². The second-order valence-electron chi connectivity index (χ2n) is 3.59.